The number of amides is 1. The van der Waals surface area contributed by atoms with E-state index < -0.39 is 0 Å². The van der Waals surface area contributed by atoms with E-state index in [0.29, 0.717) is 30.2 Å². The van der Waals surface area contributed by atoms with Crippen LogP contribution in [0.4, 0.5) is 4.39 Å². The molecule has 0 bridgehead atoms. The zero-order chi connectivity index (χ0) is 19.8. The van der Waals surface area contributed by atoms with Crippen molar-refractivity contribution in [1.82, 2.24) is 19.2 Å². The van der Waals surface area contributed by atoms with Crippen molar-refractivity contribution in [2.75, 3.05) is 13.1 Å². The summed E-state index contributed by atoms with van der Waals surface area (Å²) < 4.78 is 22.7. The highest BCUT2D eigenvalue weighted by atomic mass is 19.1. The number of benzene rings is 1. The highest BCUT2D eigenvalue weighted by Crippen LogP contribution is 2.24. The Morgan fingerprint density at radius 3 is 2.43 bits per heavy atom. The van der Waals surface area contributed by atoms with E-state index in [1.165, 1.54) is 12.1 Å². The Hall–Kier alpha value is -2.93. The minimum Gasteiger partial charge on any atom is -0.372 e. The Morgan fingerprint density at radius 1 is 1.14 bits per heavy atom. The van der Waals surface area contributed by atoms with Gasteiger partial charge >= 0.3 is 0 Å². The van der Waals surface area contributed by atoms with E-state index in [1.807, 2.05) is 43.8 Å². The van der Waals surface area contributed by atoms with Crippen molar-refractivity contribution >= 4 is 5.91 Å². The van der Waals surface area contributed by atoms with Crippen LogP contribution in [0.5, 0.6) is 0 Å². The third-order valence-electron chi connectivity index (χ3n) is 4.91. The van der Waals surface area contributed by atoms with Gasteiger partial charge in [0, 0.05) is 26.3 Å². The van der Waals surface area contributed by atoms with Gasteiger partial charge in [0.15, 0.2) is 0 Å². The Bertz CT molecular complexity index is 982. The molecule has 6 nitrogen and oxygen atoms in total. The fraction of sp³-hybridized carbons (Fsp3) is 0.333. The number of rotatable bonds is 3. The average Bonchev–Trinajstić information content (AvgIpc) is 3.27. The van der Waals surface area contributed by atoms with Gasteiger partial charge in [-0.2, -0.15) is 5.10 Å². The Balaban J connectivity index is 1.78. The molecule has 1 aromatic carbocycles. The van der Waals surface area contributed by atoms with Crippen molar-refractivity contribution < 1.29 is 13.9 Å². The quantitative estimate of drug-likeness (QED) is 0.699. The molecule has 4 rings (SSSR count). The lowest BCUT2D eigenvalue weighted by Crippen LogP contribution is -2.48. The van der Waals surface area contributed by atoms with Gasteiger partial charge in [0.1, 0.15) is 17.2 Å². The number of morpholine rings is 1. The second-order valence-electron chi connectivity index (χ2n) is 7.27. The summed E-state index contributed by atoms with van der Waals surface area (Å²) in [5.41, 5.74) is 2.68. The molecule has 1 fully saturated rings. The van der Waals surface area contributed by atoms with Crippen LogP contribution in [0.25, 0.3) is 17.1 Å². The Kier molecular flexibility index (Phi) is 4.77. The maximum atomic E-state index is 13.4. The summed E-state index contributed by atoms with van der Waals surface area (Å²) in [4.78, 5) is 15.1. The van der Waals surface area contributed by atoms with E-state index in [4.69, 9.17) is 4.74 Å². The molecule has 1 aliphatic rings. The SMILES string of the molecule is CC1CN(C(=O)c2cc(-c3cccn3C)nn2-c2ccc(F)cc2)CC(C)O1. The molecule has 0 saturated carbocycles. The molecule has 1 aliphatic heterocycles. The number of ether oxygens (including phenoxy) is 1. The van der Waals surface area contributed by atoms with Gasteiger partial charge in [-0.1, -0.05) is 0 Å². The van der Waals surface area contributed by atoms with E-state index in [2.05, 4.69) is 5.10 Å². The van der Waals surface area contributed by atoms with Gasteiger partial charge in [-0.3, -0.25) is 4.79 Å². The molecule has 146 valence electrons. The van der Waals surface area contributed by atoms with Crippen LogP contribution < -0.4 is 0 Å². The van der Waals surface area contributed by atoms with Gasteiger partial charge in [0.25, 0.3) is 5.91 Å². The first-order valence-corrected chi connectivity index (χ1v) is 9.35. The van der Waals surface area contributed by atoms with Crippen LogP contribution >= 0.6 is 0 Å². The number of halogens is 1. The minimum absolute atomic E-state index is 0.0257. The van der Waals surface area contributed by atoms with Crippen molar-refractivity contribution in [1.29, 1.82) is 0 Å². The zero-order valence-corrected chi connectivity index (χ0v) is 16.2. The van der Waals surface area contributed by atoms with Gasteiger partial charge < -0.3 is 14.2 Å². The molecule has 0 aliphatic carbocycles. The van der Waals surface area contributed by atoms with Crippen LogP contribution in [0.15, 0.2) is 48.7 Å². The normalized spacial score (nSPS) is 19.8. The average molecular weight is 382 g/mol. The number of carbonyl (C=O) groups excluding carboxylic acids is 1. The second-order valence-corrected chi connectivity index (χ2v) is 7.27. The van der Waals surface area contributed by atoms with Crippen molar-refractivity contribution in [3.05, 3.63) is 60.2 Å². The summed E-state index contributed by atoms with van der Waals surface area (Å²) in [7, 11) is 1.93. The van der Waals surface area contributed by atoms with Crippen LogP contribution in [-0.4, -0.2) is 50.5 Å². The smallest absolute Gasteiger partial charge is 0.272 e. The molecule has 2 unspecified atom stereocenters. The van der Waals surface area contributed by atoms with E-state index in [0.717, 1.165) is 5.69 Å². The molecule has 3 aromatic rings. The standard InChI is InChI=1S/C21H23FN4O2/c1-14-12-25(13-15(2)28-14)21(27)20-11-18(19-5-4-10-24(19)3)23-26(20)17-8-6-16(22)7-9-17/h4-11,14-15H,12-13H2,1-3H3. The van der Waals surface area contributed by atoms with Crippen molar-refractivity contribution in [3.63, 3.8) is 0 Å². The Labute approximate surface area is 163 Å². The maximum absolute atomic E-state index is 13.4. The van der Waals surface area contributed by atoms with E-state index >= 15 is 0 Å². The van der Waals surface area contributed by atoms with E-state index in [9.17, 15) is 9.18 Å². The molecule has 0 spiro atoms. The summed E-state index contributed by atoms with van der Waals surface area (Å²) in [6, 6.07) is 11.7. The predicted octanol–water partition coefficient (Wildman–Crippen LogP) is 3.27. The monoisotopic (exact) mass is 382 g/mol. The lowest BCUT2D eigenvalue weighted by atomic mass is 10.2. The fourth-order valence-electron chi connectivity index (χ4n) is 3.67. The van der Waals surface area contributed by atoms with Crippen molar-refractivity contribution in [2.45, 2.75) is 26.1 Å². The van der Waals surface area contributed by atoms with Crippen LogP contribution in [0.1, 0.15) is 24.3 Å². The Morgan fingerprint density at radius 2 is 1.82 bits per heavy atom. The summed E-state index contributed by atoms with van der Waals surface area (Å²) in [6.07, 6.45) is 1.88. The minimum atomic E-state index is -0.331. The van der Waals surface area contributed by atoms with Crippen LogP contribution in [0.2, 0.25) is 0 Å². The van der Waals surface area contributed by atoms with Gasteiger partial charge in [0.05, 0.1) is 23.6 Å². The number of nitrogens with zero attached hydrogens (tertiary/aromatic N) is 4. The van der Waals surface area contributed by atoms with Gasteiger partial charge in [0.2, 0.25) is 0 Å². The number of aromatic nitrogens is 3. The van der Waals surface area contributed by atoms with Crippen molar-refractivity contribution in [2.24, 2.45) is 7.05 Å². The van der Waals surface area contributed by atoms with Crippen molar-refractivity contribution in [3.8, 4) is 17.1 Å². The summed E-state index contributed by atoms with van der Waals surface area (Å²) in [6.45, 7) is 4.97. The molecule has 2 aromatic heterocycles. The molecule has 28 heavy (non-hydrogen) atoms. The number of aryl methyl sites for hydroxylation is 1. The van der Waals surface area contributed by atoms with Gasteiger partial charge in [-0.25, -0.2) is 9.07 Å². The number of hydrogen-bond acceptors (Lipinski definition) is 3. The first-order chi connectivity index (χ1) is 13.4. The molecular weight excluding hydrogens is 359 g/mol. The van der Waals surface area contributed by atoms with Gasteiger partial charge in [-0.15, -0.1) is 0 Å². The zero-order valence-electron chi connectivity index (χ0n) is 16.2. The molecule has 1 amide bonds. The highest BCUT2D eigenvalue weighted by Gasteiger charge is 2.29. The first kappa shape index (κ1) is 18.4. The lowest BCUT2D eigenvalue weighted by Gasteiger charge is -2.35. The number of hydrogen-bond donors (Lipinski definition) is 0. The predicted molar refractivity (Wildman–Crippen MR) is 104 cm³/mol. The van der Waals surface area contributed by atoms with Gasteiger partial charge in [-0.05, 0) is 56.3 Å². The summed E-state index contributed by atoms with van der Waals surface area (Å²) >= 11 is 0. The van der Waals surface area contributed by atoms with E-state index in [-0.39, 0.29) is 23.9 Å². The van der Waals surface area contributed by atoms with E-state index in [1.54, 1.807) is 27.8 Å². The molecule has 7 heteroatoms. The highest BCUT2D eigenvalue weighted by molar-refractivity contribution is 5.94. The number of carbonyl (C=O) groups is 1. The van der Waals surface area contributed by atoms with Crippen LogP contribution in [-0.2, 0) is 11.8 Å². The summed E-state index contributed by atoms with van der Waals surface area (Å²) in [5, 5.41) is 4.66. The summed E-state index contributed by atoms with van der Waals surface area (Å²) in [5.74, 6) is -0.443. The molecule has 0 radical (unpaired) electrons. The molecule has 3 heterocycles. The molecule has 0 N–H and O–H groups in total. The third-order valence-corrected chi connectivity index (χ3v) is 4.91. The molecular formula is C21H23FN4O2. The van der Waals surface area contributed by atoms with Crippen LogP contribution in [0, 0.1) is 5.82 Å². The topological polar surface area (TPSA) is 52.3 Å². The first-order valence-electron chi connectivity index (χ1n) is 9.35. The third kappa shape index (κ3) is 3.45. The maximum Gasteiger partial charge on any atom is 0.272 e. The second kappa shape index (κ2) is 7.24. The lowest BCUT2D eigenvalue weighted by molar-refractivity contribution is -0.0588. The largest absolute Gasteiger partial charge is 0.372 e. The fourth-order valence-corrected chi connectivity index (χ4v) is 3.67. The van der Waals surface area contributed by atoms with Crippen LogP contribution in [0.3, 0.4) is 0 Å². The molecule has 2 atom stereocenters. The molecule has 1 saturated heterocycles.